The summed E-state index contributed by atoms with van der Waals surface area (Å²) in [4.78, 5) is 24.2. The number of likely N-dealkylation sites (N-methyl/N-ethyl adjacent to an activating group) is 1. The van der Waals surface area contributed by atoms with Crippen molar-refractivity contribution in [2.24, 2.45) is 0 Å². The van der Waals surface area contributed by atoms with E-state index in [9.17, 15) is 18.0 Å². The lowest BCUT2D eigenvalue weighted by molar-refractivity contribution is -0.137. The molecule has 10 heteroatoms. The van der Waals surface area contributed by atoms with E-state index in [4.69, 9.17) is 0 Å². The molecule has 1 aliphatic carbocycles. The first kappa shape index (κ1) is 24.8. The van der Waals surface area contributed by atoms with Gasteiger partial charge in [-0.1, -0.05) is 0 Å². The first-order valence-corrected chi connectivity index (χ1v) is 11.2. The van der Waals surface area contributed by atoms with Crippen molar-refractivity contribution in [1.82, 2.24) is 19.8 Å². The Labute approximate surface area is 192 Å². The Kier molecular flexibility index (Phi) is 7.78. The van der Waals surface area contributed by atoms with Crippen LogP contribution in [0, 0.1) is 0 Å². The van der Waals surface area contributed by atoms with Crippen LogP contribution in [0.15, 0.2) is 30.5 Å². The summed E-state index contributed by atoms with van der Waals surface area (Å²) < 4.78 is 40.8. The van der Waals surface area contributed by atoms with E-state index in [2.05, 4.69) is 20.6 Å². The van der Waals surface area contributed by atoms with E-state index in [1.165, 1.54) is 0 Å². The number of hydrogen-bond donors (Lipinski definition) is 2. The Morgan fingerprint density at radius 2 is 1.79 bits per heavy atom. The maximum absolute atomic E-state index is 13.6. The molecule has 1 fully saturated rings. The van der Waals surface area contributed by atoms with Crippen molar-refractivity contribution < 1.29 is 18.0 Å². The molecule has 0 spiro atoms. The first-order chi connectivity index (χ1) is 15.6. The number of carbonyl (C=O) groups excluding carboxylic acids is 1. The van der Waals surface area contributed by atoms with Gasteiger partial charge in [0.1, 0.15) is 11.4 Å². The smallest absolute Gasteiger partial charge is 0.365 e. The highest BCUT2D eigenvalue weighted by molar-refractivity contribution is 5.94. The number of carbonyl (C=O) groups is 1. The van der Waals surface area contributed by atoms with Crippen LogP contribution >= 0.6 is 0 Å². The van der Waals surface area contributed by atoms with E-state index in [-0.39, 0.29) is 29.8 Å². The average molecular weight is 465 g/mol. The molecule has 1 saturated carbocycles. The summed E-state index contributed by atoms with van der Waals surface area (Å²) in [5.41, 5.74) is 0.220. The number of nitrogens with one attached hydrogen (secondary N) is 2. The van der Waals surface area contributed by atoms with E-state index in [1.807, 2.05) is 32.8 Å². The maximum atomic E-state index is 13.6. The fourth-order valence-corrected chi connectivity index (χ4v) is 4.18. The van der Waals surface area contributed by atoms with Crippen molar-refractivity contribution in [3.8, 4) is 0 Å². The number of alkyl halides is 3. The Bertz CT molecular complexity index is 944. The fraction of sp³-hybridized carbons (Fsp3) is 0.522. The van der Waals surface area contributed by atoms with Gasteiger partial charge in [0.15, 0.2) is 0 Å². The molecule has 1 amide bonds. The maximum Gasteiger partial charge on any atom is 0.421 e. The third-order valence-electron chi connectivity index (χ3n) is 6.00. The third-order valence-corrected chi connectivity index (χ3v) is 6.00. The number of halogens is 3. The van der Waals surface area contributed by atoms with Crippen molar-refractivity contribution in [2.75, 3.05) is 37.8 Å². The van der Waals surface area contributed by atoms with Crippen molar-refractivity contribution in [1.29, 1.82) is 0 Å². The van der Waals surface area contributed by atoms with Gasteiger partial charge in [0, 0.05) is 42.6 Å². The first-order valence-electron chi connectivity index (χ1n) is 11.2. The van der Waals surface area contributed by atoms with Gasteiger partial charge in [-0.05, 0) is 71.5 Å². The highest BCUT2D eigenvalue weighted by Crippen LogP contribution is 2.36. The molecule has 2 N–H and O–H groups in total. The molecule has 0 saturated heterocycles. The zero-order valence-corrected chi connectivity index (χ0v) is 19.4. The van der Waals surface area contributed by atoms with Gasteiger partial charge in [-0.3, -0.25) is 4.79 Å². The van der Waals surface area contributed by atoms with Gasteiger partial charge in [-0.25, -0.2) is 4.98 Å². The molecule has 2 aromatic rings. The summed E-state index contributed by atoms with van der Waals surface area (Å²) in [6.07, 6.45) is -1.14. The van der Waals surface area contributed by atoms with E-state index >= 15 is 0 Å². The van der Waals surface area contributed by atoms with Crippen LogP contribution in [0.1, 0.15) is 49.0 Å². The molecule has 0 aliphatic heterocycles. The van der Waals surface area contributed by atoms with E-state index in [0.717, 1.165) is 25.5 Å². The number of anilines is 3. The van der Waals surface area contributed by atoms with Crippen LogP contribution in [0.2, 0.25) is 0 Å². The topological polar surface area (TPSA) is 73.4 Å². The monoisotopic (exact) mass is 464 g/mol. The molecule has 3 rings (SSSR count). The Balaban J connectivity index is 1.81. The van der Waals surface area contributed by atoms with Gasteiger partial charge < -0.3 is 20.4 Å². The molecular formula is C23H31F3N6O. The molecular weight excluding hydrogens is 433 g/mol. The van der Waals surface area contributed by atoms with Gasteiger partial charge >= 0.3 is 6.18 Å². The second kappa shape index (κ2) is 10.4. The van der Waals surface area contributed by atoms with Crippen molar-refractivity contribution in [3.63, 3.8) is 0 Å². The van der Waals surface area contributed by atoms with Crippen molar-refractivity contribution in [3.05, 3.63) is 41.6 Å². The Morgan fingerprint density at radius 1 is 1.12 bits per heavy atom. The van der Waals surface area contributed by atoms with Gasteiger partial charge in [0.25, 0.3) is 5.91 Å². The summed E-state index contributed by atoms with van der Waals surface area (Å²) in [6, 6.07) is 6.72. The highest BCUT2D eigenvalue weighted by Gasteiger charge is 2.37. The van der Waals surface area contributed by atoms with E-state index in [1.54, 1.807) is 29.2 Å². The SMILES string of the molecule is CCN(CC)C(=O)c1ccc(Nc2ncc(C(F)(F)F)c(N[C@@H]3CCC[C@H]3N(C)C)n2)cc1. The third kappa shape index (κ3) is 5.93. The van der Waals surface area contributed by atoms with Crippen LogP contribution in [0.4, 0.5) is 30.6 Å². The van der Waals surface area contributed by atoms with E-state index in [0.29, 0.717) is 24.3 Å². The fourth-order valence-electron chi connectivity index (χ4n) is 4.18. The summed E-state index contributed by atoms with van der Waals surface area (Å²) in [5.74, 6) is -0.254. The number of benzene rings is 1. The molecule has 7 nitrogen and oxygen atoms in total. The van der Waals surface area contributed by atoms with Gasteiger partial charge in [-0.2, -0.15) is 18.2 Å². The molecule has 0 radical (unpaired) electrons. The standard InChI is InChI=1S/C23H31F3N6O/c1-5-32(6-2)21(33)15-10-12-16(13-11-15)28-22-27-14-17(23(24,25)26)20(30-22)29-18-8-7-9-19(18)31(3)4/h10-14,18-19H,5-9H2,1-4H3,(H2,27,28,29,30)/t18-,19-/m1/s1. The second-order valence-electron chi connectivity index (χ2n) is 8.35. The van der Waals surface area contributed by atoms with Crippen LogP contribution < -0.4 is 10.6 Å². The largest absolute Gasteiger partial charge is 0.421 e. The minimum atomic E-state index is -4.57. The zero-order valence-electron chi connectivity index (χ0n) is 19.4. The van der Waals surface area contributed by atoms with Gasteiger partial charge in [-0.15, -0.1) is 0 Å². The number of rotatable bonds is 8. The minimum absolute atomic E-state index is 0.0488. The molecule has 180 valence electrons. The number of aromatic nitrogens is 2. The molecule has 1 aromatic heterocycles. The molecule has 1 heterocycles. The van der Waals surface area contributed by atoms with Crippen LogP contribution in [-0.2, 0) is 6.18 Å². The van der Waals surface area contributed by atoms with Crippen LogP contribution in [-0.4, -0.2) is 64.9 Å². The lowest BCUT2D eigenvalue weighted by Crippen LogP contribution is -2.39. The summed E-state index contributed by atoms with van der Waals surface area (Å²) in [6.45, 7) is 5.05. The van der Waals surface area contributed by atoms with Gasteiger partial charge in [0.05, 0.1) is 0 Å². The normalized spacial score (nSPS) is 18.4. The second-order valence-corrected chi connectivity index (χ2v) is 8.35. The predicted octanol–water partition coefficient (Wildman–Crippen LogP) is 4.62. The van der Waals surface area contributed by atoms with Crippen LogP contribution in [0.25, 0.3) is 0 Å². The zero-order chi connectivity index (χ0) is 24.2. The lowest BCUT2D eigenvalue weighted by Gasteiger charge is -2.28. The Morgan fingerprint density at radius 3 is 2.36 bits per heavy atom. The van der Waals surface area contributed by atoms with Crippen molar-refractivity contribution in [2.45, 2.75) is 51.4 Å². The summed E-state index contributed by atoms with van der Waals surface area (Å²) in [7, 11) is 3.86. The summed E-state index contributed by atoms with van der Waals surface area (Å²) in [5, 5.41) is 5.96. The Hall–Kier alpha value is -2.88. The summed E-state index contributed by atoms with van der Waals surface area (Å²) >= 11 is 0. The van der Waals surface area contributed by atoms with Crippen molar-refractivity contribution >= 4 is 23.4 Å². The average Bonchev–Trinajstić information content (AvgIpc) is 3.23. The molecule has 0 bridgehead atoms. The molecule has 0 unspecified atom stereocenters. The van der Waals surface area contributed by atoms with Crippen LogP contribution in [0.3, 0.4) is 0 Å². The quantitative estimate of drug-likeness (QED) is 0.594. The predicted molar refractivity (Wildman–Crippen MR) is 123 cm³/mol. The number of nitrogens with zero attached hydrogens (tertiary/aromatic N) is 4. The molecule has 2 atom stereocenters. The number of amides is 1. The van der Waals surface area contributed by atoms with Crippen LogP contribution in [0.5, 0.6) is 0 Å². The van der Waals surface area contributed by atoms with E-state index < -0.39 is 11.7 Å². The molecule has 1 aliphatic rings. The van der Waals surface area contributed by atoms with Gasteiger partial charge in [0.2, 0.25) is 5.95 Å². The minimum Gasteiger partial charge on any atom is -0.365 e. The molecule has 33 heavy (non-hydrogen) atoms. The highest BCUT2D eigenvalue weighted by atomic mass is 19.4. The molecule has 1 aromatic carbocycles. The lowest BCUT2D eigenvalue weighted by atomic mass is 10.1. The number of hydrogen-bond acceptors (Lipinski definition) is 6.